The van der Waals surface area contributed by atoms with Crippen LogP contribution in [0.3, 0.4) is 0 Å². The van der Waals surface area contributed by atoms with Gasteiger partial charge in [-0.15, -0.1) is 11.3 Å². The van der Waals surface area contributed by atoms with Crippen molar-refractivity contribution in [2.45, 2.75) is 6.42 Å². The van der Waals surface area contributed by atoms with Gasteiger partial charge in [0.15, 0.2) is 11.5 Å². The maximum Gasteiger partial charge on any atom is 0.244 e. The SMILES string of the molecule is COc1ccc(CCNC(=O)/C=C/c2ccc(Br)s2)cc1OC. The van der Waals surface area contributed by atoms with Gasteiger partial charge in [0.1, 0.15) is 0 Å². The van der Waals surface area contributed by atoms with Gasteiger partial charge in [-0.2, -0.15) is 0 Å². The summed E-state index contributed by atoms with van der Waals surface area (Å²) in [6, 6.07) is 9.67. The van der Waals surface area contributed by atoms with Crippen LogP contribution in [-0.2, 0) is 11.2 Å². The smallest absolute Gasteiger partial charge is 0.244 e. The summed E-state index contributed by atoms with van der Waals surface area (Å²) in [5.41, 5.74) is 1.08. The molecule has 0 aliphatic carbocycles. The molecule has 0 unspecified atom stereocenters. The molecular weight excluding hydrogens is 378 g/mol. The molecule has 0 saturated heterocycles. The number of amides is 1. The Bertz CT molecular complexity index is 697. The molecule has 0 aliphatic heterocycles. The zero-order valence-corrected chi connectivity index (χ0v) is 15.4. The Kier molecular flexibility index (Phi) is 6.67. The number of rotatable bonds is 7. The first-order valence-electron chi connectivity index (χ1n) is 7.04. The molecule has 1 heterocycles. The molecule has 0 aliphatic rings. The van der Waals surface area contributed by atoms with Gasteiger partial charge in [-0.25, -0.2) is 0 Å². The second-order valence-electron chi connectivity index (χ2n) is 4.71. The van der Waals surface area contributed by atoms with E-state index in [0.717, 1.165) is 20.6 Å². The first kappa shape index (κ1) is 17.6. The highest BCUT2D eigenvalue weighted by Gasteiger charge is 2.04. The molecule has 0 saturated carbocycles. The summed E-state index contributed by atoms with van der Waals surface area (Å²) in [5, 5.41) is 2.87. The number of nitrogens with one attached hydrogen (secondary N) is 1. The second-order valence-corrected chi connectivity index (χ2v) is 7.20. The van der Waals surface area contributed by atoms with Crippen molar-refractivity contribution in [2.24, 2.45) is 0 Å². The lowest BCUT2D eigenvalue weighted by atomic mass is 10.1. The van der Waals surface area contributed by atoms with Crippen molar-refractivity contribution >= 4 is 39.2 Å². The monoisotopic (exact) mass is 395 g/mol. The molecule has 0 spiro atoms. The van der Waals surface area contributed by atoms with Crippen LogP contribution in [0.25, 0.3) is 6.08 Å². The van der Waals surface area contributed by atoms with Gasteiger partial charge in [0.2, 0.25) is 5.91 Å². The molecule has 1 aromatic heterocycles. The topological polar surface area (TPSA) is 47.6 Å². The molecule has 1 amide bonds. The number of benzene rings is 1. The maximum atomic E-state index is 11.8. The molecule has 1 aromatic carbocycles. The highest BCUT2D eigenvalue weighted by Crippen LogP contribution is 2.27. The first-order chi connectivity index (χ1) is 11.1. The van der Waals surface area contributed by atoms with E-state index in [-0.39, 0.29) is 5.91 Å². The average molecular weight is 396 g/mol. The van der Waals surface area contributed by atoms with E-state index in [2.05, 4.69) is 21.2 Å². The number of methoxy groups -OCH3 is 2. The Balaban J connectivity index is 1.82. The standard InChI is InChI=1S/C17H18BrNO3S/c1-21-14-6-3-12(11-15(14)22-2)9-10-19-17(20)8-5-13-4-7-16(18)23-13/h3-8,11H,9-10H2,1-2H3,(H,19,20)/b8-5+. The predicted octanol–water partition coefficient (Wildman–Crippen LogP) is 3.90. The molecule has 23 heavy (non-hydrogen) atoms. The van der Waals surface area contributed by atoms with Crippen LogP contribution in [0.2, 0.25) is 0 Å². The fraction of sp³-hybridized carbons (Fsp3) is 0.235. The highest BCUT2D eigenvalue weighted by molar-refractivity contribution is 9.11. The van der Waals surface area contributed by atoms with E-state index in [0.29, 0.717) is 18.0 Å². The quantitative estimate of drug-likeness (QED) is 0.723. The summed E-state index contributed by atoms with van der Waals surface area (Å²) in [6.45, 7) is 0.562. The van der Waals surface area contributed by atoms with Crippen LogP contribution in [0, 0.1) is 0 Å². The van der Waals surface area contributed by atoms with E-state index < -0.39 is 0 Å². The molecule has 122 valence electrons. The molecule has 4 nitrogen and oxygen atoms in total. The van der Waals surface area contributed by atoms with Crippen LogP contribution in [-0.4, -0.2) is 26.7 Å². The zero-order valence-electron chi connectivity index (χ0n) is 13.0. The Morgan fingerprint density at radius 3 is 2.65 bits per heavy atom. The van der Waals surface area contributed by atoms with Crippen molar-refractivity contribution in [2.75, 3.05) is 20.8 Å². The maximum absolute atomic E-state index is 11.8. The summed E-state index contributed by atoms with van der Waals surface area (Å²) < 4.78 is 11.5. The minimum Gasteiger partial charge on any atom is -0.493 e. The Morgan fingerprint density at radius 1 is 1.22 bits per heavy atom. The molecule has 2 aromatic rings. The number of ether oxygens (including phenoxy) is 2. The summed E-state index contributed by atoms with van der Waals surface area (Å²) in [6.07, 6.45) is 4.08. The van der Waals surface area contributed by atoms with Gasteiger partial charge in [-0.1, -0.05) is 6.07 Å². The average Bonchev–Trinajstić information content (AvgIpc) is 2.98. The Hall–Kier alpha value is -1.79. The Labute approximate surface area is 148 Å². The second kappa shape index (κ2) is 8.74. The van der Waals surface area contributed by atoms with Crippen molar-refractivity contribution in [1.29, 1.82) is 0 Å². The van der Waals surface area contributed by atoms with Gasteiger partial charge in [-0.3, -0.25) is 4.79 Å². The van der Waals surface area contributed by atoms with Crippen molar-refractivity contribution in [1.82, 2.24) is 5.32 Å². The summed E-state index contributed by atoms with van der Waals surface area (Å²) in [7, 11) is 3.22. The lowest BCUT2D eigenvalue weighted by Crippen LogP contribution is -2.23. The van der Waals surface area contributed by atoms with Crippen LogP contribution in [0.5, 0.6) is 11.5 Å². The third kappa shape index (κ3) is 5.41. The van der Waals surface area contributed by atoms with Crippen molar-refractivity contribution in [3.8, 4) is 11.5 Å². The van der Waals surface area contributed by atoms with Crippen molar-refractivity contribution in [3.05, 3.63) is 50.6 Å². The van der Waals surface area contributed by atoms with E-state index in [1.54, 1.807) is 37.7 Å². The minimum atomic E-state index is -0.102. The van der Waals surface area contributed by atoms with Gasteiger partial charge in [0, 0.05) is 17.5 Å². The van der Waals surface area contributed by atoms with E-state index in [1.165, 1.54) is 0 Å². The van der Waals surface area contributed by atoms with Crippen LogP contribution in [0.15, 0.2) is 40.2 Å². The zero-order chi connectivity index (χ0) is 16.7. The molecular formula is C17H18BrNO3S. The largest absolute Gasteiger partial charge is 0.493 e. The summed E-state index contributed by atoms with van der Waals surface area (Å²) in [5.74, 6) is 1.29. The number of hydrogen-bond donors (Lipinski definition) is 1. The number of halogens is 1. The van der Waals surface area contributed by atoms with Crippen molar-refractivity contribution in [3.63, 3.8) is 0 Å². The summed E-state index contributed by atoms with van der Waals surface area (Å²) in [4.78, 5) is 12.8. The molecule has 6 heteroatoms. The fourth-order valence-corrected chi connectivity index (χ4v) is 3.33. The Morgan fingerprint density at radius 2 is 2.00 bits per heavy atom. The van der Waals surface area contributed by atoms with E-state index in [1.807, 2.05) is 30.3 Å². The third-order valence-corrected chi connectivity index (χ3v) is 4.74. The van der Waals surface area contributed by atoms with Crippen LogP contribution in [0.4, 0.5) is 0 Å². The number of carbonyl (C=O) groups excluding carboxylic acids is 1. The van der Waals surface area contributed by atoms with Crippen molar-refractivity contribution < 1.29 is 14.3 Å². The molecule has 0 bridgehead atoms. The van der Waals surface area contributed by atoms with E-state index in [9.17, 15) is 4.79 Å². The van der Waals surface area contributed by atoms with Gasteiger partial charge in [0.05, 0.1) is 18.0 Å². The van der Waals surface area contributed by atoms with Gasteiger partial charge < -0.3 is 14.8 Å². The molecule has 0 fully saturated rings. The van der Waals surface area contributed by atoms with Gasteiger partial charge in [-0.05, 0) is 58.3 Å². The fourth-order valence-electron chi connectivity index (χ4n) is 2.00. The lowest BCUT2D eigenvalue weighted by Gasteiger charge is -2.09. The number of hydrogen-bond acceptors (Lipinski definition) is 4. The first-order valence-corrected chi connectivity index (χ1v) is 8.65. The van der Waals surface area contributed by atoms with Crippen LogP contribution < -0.4 is 14.8 Å². The highest BCUT2D eigenvalue weighted by atomic mass is 79.9. The normalized spacial score (nSPS) is 10.7. The van der Waals surface area contributed by atoms with E-state index in [4.69, 9.17) is 9.47 Å². The minimum absolute atomic E-state index is 0.102. The van der Waals surface area contributed by atoms with E-state index >= 15 is 0 Å². The van der Waals surface area contributed by atoms with Crippen LogP contribution in [0.1, 0.15) is 10.4 Å². The third-order valence-electron chi connectivity index (χ3n) is 3.15. The molecule has 2 rings (SSSR count). The molecule has 0 radical (unpaired) electrons. The molecule has 1 N–H and O–H groups in total. The number of carbonyl (C=O) groups is 1. The molecule has 0 atom stereocenters. The predicted molar refractivity (Wildman–Crippen MR) is 97.3 cm³/mol. The van der Waals surface area contributed by atoms with Crippen LogP contribution >= 0.6 is 27.3 Å². The van der Waals surface area contributed by atoms with Gasteiger partial charge >= 0.3 is 0 Å². The summed E-state index contributed by atoms with van der Waals surface area (Å²) >= 11 is 4.98. The van der Waals surface area contributed by atoms with Gasteiger partial charge in [0.25, 0.3) is 0 Å². The number of thiophene rings is 1. The lowest BCUT2D eigenvalue weighted by molar-refractivity contribution is -0.116.